The molecule has 49 heavy (non-hydrogen) atoms. The first-order valence-corrected chi connectivity index (χ1v) is 18.5. The molecule has 1 aliphatic rings. The van der Waals surface area contributed by atoms with Crippen molar-refractivity contribution in [3.63, 3.8) is 0 Å². The van der Waals surface area contributed by atoms with Crippen LogP contribution < -0.4 is 0 Å². The molecule has 2 aromatic heterocycles. The molecule has 0 spiro atoms. The molecule has 5 heteroatoms. The Morgan fingerprint density at radius 3 is 2.22 bits per heavy atom. The molecular weight excluding hydrogens is 799 g/mol. The number of rotatable bonds is 9. The molecule has 0 unspecified atom stereocenters. The van der Waals surface area contributed by atoms with Crippen molar-refractivity contribution in [1.29, 1.82) is 0 Å². The summed E-state index contributed by atoms with van der Waals surface area (Å²) in [5.41, 5.74) is 7.00. The van der Waals surface area contributed by atoms with Gasteiger partial charge in [-0.2, -0.15) is 0 Å². The van der Waals surface area contributed by atoms with E-state index in [-0.39, 0.29) is 47.9 Å². The second-order valence-corrected chi connectivity index (χ2v) is 15.9. The van der Waals surface area contributed by atoms with Gasteiger partial charge in [-0.1, -0.05) is 117 Å². The van der Waals surface area contributed by atoms with Crippen LogP contribution in [0.3, 0.4) is 0 Å². The van der Waals surface area contributed by atoms with Crippen molar-refractivity contribution in [2.75, 3.05) is 0 Å². The van der Waals surface area contributed by atoms with E-state index in [1.165, 1.54) is 54.1 Å². The normalized spacial score (nSPS) is 13.9. The van der Waals surface area contributed by atoms with Crippen molar-refractivity contribution in [2.45, 2.75) is 106 Å². The topological polar surface area (TPSA) is 50.2 Å². The Kier molecular flexibility index (Phi) is 11.9. The number of benzene rings is 3. The fourth-order valence-corrected chi connectivity index (χ4v) is 8.20. The van der Waals surface area contributed by atoms with Gasteiger partial charge in [0.05, 0.1) is 0 Å². The number of hydrogen-bond donors (Lipinski definition) is 1. The fourth-order valence-electron chi connectivity index (χ4n) is 6.77. The smallest absolute Gasteiger partial charge is 0.164 e. The Bertz CT molecular complexity index is 1990. The first-order chi connectivity index (χ1) is 22.7. The van der Waals surface area contributed by atoms with Gasteiger partial charge in [-0.3, -0.25) is 4.79 Å². The number of aromatic nitrogens is 1. The van der Waals surface area contributed by atoms with E-state index in [1.807, 2.05) is 59.1 Å². The van der Waals surface area contributed by atoms with E-state index in [1.54, 1.807) is 0 Å². The number of allylic oxidation sites excluding steroid dienone is 2. The van der Waals surface area contributed by atoms with E-state index in [0.717, 1.165) is 36.9 Å². The average Bonchev–Trinajstić information content (AvgIpc) is 3.60. The maximum Gasteiger partial charge on any atom is 0.164 e. The number of aliphatic hydroxyl groups is 1. The second kappa shape index (κ2) is 15.0. The van der Waals surface area contributed by atoms with E-state index in [4.69, 9.17) is 4.98 Å². The molecule has 0 bridgehead atoms. The fraction of sp³-hybridized carbons (Fsp3) is 0.409. The standard InChI is InChI=1S/C29H24NS.C15H28O2.Ir/c1-17(2)18-12-13-19-16-30-24(15-20(19)14-18)21-9-7-10-23-26(21)28-27(29(23,3)4)22-8-5-6-11-25(22)31-28;1-7-14(5,8-2)12(16)11-13(17)15(6,9-3)10-4;/h5-8,10-17H,1-4H3;11,16H,7-10H2,1-6H3;/q-1;;/b;12-11-;. The van der Waals surface area contributed by atoms with Gasteiger partial charge in [0, 0.05) is 47.9 Å². The SMILES string of the molecule is CC(C)c1ccc2cnc(-c3[c-]ccc4c3-c3sc5ccccc5c3C4(C)C)cc2c1.CCC(C)(CC)C(=O)/C=C(\O)C(C)(CC)CC.[Ir]. The number of carbonyl (C=O) groups excluding carboxylic acids is 1. The number of pyridine rings is 1. The Hall–Kier alpha value is -3.11. The Labute approximate surface area is 311 Å². The molecule has 5 aromatic rings. The number of ketones is 1. The number of nitrogens with zero attached hydrogens (tertiary/aromatic N) is 1. The van der Waals surface area contributed by atoms with Gasteiger partial charge in [0.1, 0.15) is 5.76 Å². The minimum atomic E-state index is -0.337. The van der Waals surface area contributed by atoms with Crippen molar-refractivity contribution in [1.82, 2.24) is 4.98 Å². The maximum absolute atomic E-state index is 12.2. The minimum absolute atomic E-state index is 0. The third-order valence-corrected chi connectivity index (χ3v) is 12.6. The van der Waals surface area contributed by atoms with Crippen LogP contribution in [0.25, 0.3) is 42.6 Å². The number of thiophene rings is 1. The Morgan fingerprint density at radius 2 is 1.59 bits per heavy atom. The van der Waals surface area contributed by atoms with Crippen molar-refractivity contribution < 1.29 is 30.0 Å². The van der Waals surface area contributed by atoms with Crippen LogP contribution in [0.15, 0.2) is 78.7 Å². The number of aliphatic hydroxyl groups excluding tert-OH is 1. The number of fused-ring (bicyclic) bond motifs is 6. The zero-order valence-corrected chi connectivity index (χ0v) is 34.1. The average molecular weight is 851 g/mol. The molecule has 0 saturated heterocycles. The van der Waals surface area contributed by atoms with E-state index in [9.17, 15) is 9.90 Å². The monoisotopic (exact) mass is 851 g/mol. The molecule has 0 saturated carbocycles. The molecule has 3 aromatic carbocycles. The van der Waals surface area contributed by atoms with Gasteiger partial charge in [0.2, 0.25) is 0 Å². The molecule has 0 atom stereocenters. The first-order valence-electron chi connectivity index (χ1n) is 17.7. The second-order valence-electron chi connectivity index (χ2n) is 14.8. The summed E-state index contributed by atoms with van der Waals surface area (Å²) in [5.74, 6) is 0.796. The Morgan fingerprint density at radius 1 is 0.939 bits per heavy atom. The number of hydrogen-bond acceptors (Lipinski definition) is 4. The first kappa shape index (κ1) is 38.7. The van der Waals surface area contributed by atoms with E-state index in [2.05, 4.69) is 94.4 Å². The van der Waals surface area contributed by atoms with Crippen LogP contribution in [0.1, 0.15) is 118 Å². The summed E-state index contributed by atoms with van der Waals surface area (Å²) in [7, 11) is 0. The molecule has 0 fully saturated rings. The van der Waals surface area contributed by atoms with Gasteiger partial charge in [-0.25, -0.2) is 0 Å². The summed E-state index contributed by atoms with van der Waals surface area (Å²) in [4.78, 5) is 18.4. The zero-order chi connectivity index (χ0) is 35.0. The molecular formula is C44H52IrNO2S-. The predicted molar refractivity (Wildman–Crippen MR) is 206 cm³/mol. The van der Waals surface area contributed by atoms with Crippen LogP contribution in [-0.2, 0) is 30.3 Å². The van der Waals surface area contributed by atoms with Crippen LogP contribution in [0.4, 0.5) is 0 Å². The Balaban J connectivity index is 0.000000260. The summed E-state index contributed by atoms with van der Waals surface area (Å²) < 4.78 is 1.36. The van der Waals surface area contributed by atoms with Crippen LogP contribution in [0.5, 0.6) is 0 Å². The van der Waals surface area contributed by atoms with Crippen molar-refractivity contribution in [3.05, 3.63) is 101 Å². The molecule has 261 valence electrons. The zero-order valence-electron chi connectivity index (χ0n) is 30.9. The quantitative estimate of drug-likeness (QED) is 0.0913. The third kappa shape index (κ3) is 7.09. The molecule has 1 radical (unpaired) electrons. The largest absolute Gasteiger partial charge is 0.512 e. The maximum atomic E-state index is 12.2. The van der Waals surface area contributed by atoms with Crippen LogP contribution in [-0.4, -0.2) is 15.9 Å². The van der Waals surface area contributed by atoms with Crippen molar-refractivity contribution >= 4 is 38.0 Å². The minimum Gasteiger partial charge on any atom is -0.512 e. The predicted octanol–water partition coefficient (Wildman–Crippen LogP) is 13.0. The van der Waals surface area contributed by atoms with Crippen LogP contribution in [0, 0.1) is 16.9 Å². The molecule has 6 rings (SSSR count). The molecule has 0 amide bonds. The van der Waals surface area contributed by atoms with Crippen LogP contribution >= 0.6 is 11.3 Å². The molecule has 0 aliphatic heterocycles. The van der Waals surface area contributed by atoms with Gasteiger partial charge in [0.25, 0.3) is 0 Å². The summed E-state index contributed by atoms with van der Waals surface area (Å²) in [6, 6.07) is 25.6. The van der Waals surface area contributed by atoms with Gasteiger partial charge in [0.15, 0.2) is 5.78 Å². The summed E-state index contributed by atoms with van der Waals surface area (Å²) in [6.07, 6.45) is 6.76. The van der Waals surface area contributed by atoms with Gasteiger partial charge in [-0.15, -0.1) is 40.7 Å². The summed E-state index contributed by atoms with van der Waals surface area (Å²) >= 11 is 1.90. The van der Waals surface area contributed by atoms with Crippen LogP contribution in [0.2, 0.25) is 0 Å². The van der Waals surface area contributed by atoms with E-state index >= 15 is 0 Å². The van der Waals surface area contributed by atoms with E-state index in [0.29, 0.717) is 5.92 Å². The summed E-state index contributed by atoms with van der Waals surface area (Å²) in [6.45, 7) is 21.3. The molecule has 3 nitrogen and oxygen atoms in total. The van der Waals surface area contributed by atoms with Crippen molar-refractivity contribution in [3.8, 4) is 21.7 Å². The molecule has 1 N–H and O–H groups in total. The molecule has 1 aliphatic carbocycles. The molecule has 2 heterocycles. The van der Waals surface area contributed by atoms with Crippen molar-refractivity contribution in [2.24, 2.45) is 10.8 Å². The van der Waals surface area contributed by atoms with Gasteiger partial charge >= 0.3 is 0 Å². The number of carbonyl (C=O) groups is 1. The third-order valence-electron chi connectivity index (χ3n) is 11.4. The van der Waals surface area contributed by atoms with E-state index < -0.39 is 0 Å². The van der Waals surface area contributed by atoms with Gasteiger partial charge in [-0.05, 0) is 80.9 Å². The summed E-state index contributed by atoms with van der Waals surface area (Å²) in [5, 5.41) is 13.9. The van der Waals surface area contributed by atoms with Gasteiger partial charge < -0.3 is 10.1 Å².